The molecule has 0 saturated heterocycles. The van der Waals surface area contributed by atoms with Crippen molar-refractivity contribution in [1.29, 1.82) is 0 Å². The molecular formula is C11H13N3O. The number of likely N-dealkylation sites (N-methyl/N-ethyl adjacent to an activating group) is 1. The van der Waals surface area contributed by atoms with Crippen molar-refractivity contribution >= 4 is 11.0 Å². The molecule has 2 heterocycles. The summed E-state index contributed by atoms with van der Waals surface area (Å²) in [4.78, 5) is 14.6. The minimum Gasteiger partial charge on any atom is -0.315 e. The summed E-state index contributed by atoms with van der Waals surface area (Å²) >= 11 is 0. The maximum absolute atomic E-state index is 11.7. The fourth-order valence-electron chi connectivity index (χ4n) is 2.38. The Labute approximate surface area is 86.9 Å². The van der Waals surface area contributed by atoms with E-state index in [1.165, 1.54) is 5.56 Å². The Kier molecular flexibility index (Phi) is 1.73. The fourth-order valence-corrected chi connectivity index (χ4v) is 2.38. The highest BCUT2D eigenvalue weighted by Crippen LogP contribution is 2.22. The molecule has 4 nitrogen and oxygen atoms in total. The molecule has 0 amide bonds. The van der Waals surface area contributed by atoms with Crippen LogP contribution < -0.4 is 11.0 Å². The van der Waals surface area contributed by atoms with E-state index in [9.17, 15) is 4.79 Å². The highest BCUT2D eigenvalue weighted by atomic mass is 16.1. The van der Waals surface area contributed by atoms with Gasteiger partial charge in [0.05, 0.1) is 11.0 Å². The molecule has 1 aromatic heterocycles. The van der Waals surface area contributed by atoms with E-state index in [4.69, 9.17) is 0 Å². The van der Waals surface area contributed by atoms with E-state index >= 15 is 0 Å². The van der Waals surface area contributed by atoms with Gasteiger partial charge in [0.2, 0.25) is 0 Å². The second kappa shape index (κ2) is 2.97. The Morgan fingerprint density at radius 1 is 1.53 bits per heavy atom. The Morgan fingerprint density at radius 2 is 2.40 bits per heavy atom. The number of aromatic amines is 1. The van der Waals surface area contributed by atoms with Crippen molar-refractivity contribution in [2.45, 2.75) is 19.0 Å². The van der Waals surface area contributed by atoms with Crippen LogP contribution in [-0.4, -0.2) is 22.6 Å². The lowest BCUT2D eigenvalue weighted by Crippen LogP contribution is -2.38. The molecule has 15 heavy (non-hydrogen) atoms. The summed E-state index contributed by atoms with van der Waals surface area (Å²) in [5, 5.41) is 3.23. The van der Waals surface area contributed by atoms with E-state index in [0.29, 0.717) is 6.04 Å². The fraction of sp³-hybridized carbons (Fsp3) is 0.364. The number of para-hydroxylation sites is 1. The molecule has 1 atom stereocenters. The summed E-state index contributed by atoms with van der Waals surface area (Å²) in [5.74, 6) is 0. The molecule has 4 heteroatoms. The van der Waals surface area contributed by atoms with Crippen molar-refractivity contribution in [3.63, 3.8) is 0 Å². The first kappa shape index (κ1) is 8.73. The quantitative estimate of drug-likeness (QED) is 0.708. The summed E-state index contributed by atoms with van der Waals surface area (Å²) in [6.07, 6.45) is 0.991. The van der Waals surface area contributed by atoms with E-state index < -0.39 is 0 Å². The minimum absolute atomic E-state index is 0.00241. The average molecular weight is 203 g/mol. The second-order valence-corrected chi connectivity index (χ2v) is 4.04. The zero-order chi connectivity index (χ0) is 10.4. The Morgan fingerprint density at radius 3 is 3.20 bits per heavy atom. The van der Waals surface area contributed by atoms with Crippen molar-refractivity contribution in [3.05, 3.63) is 34.2 Å². The smallest absolute Gasteiger partial charge is 0.315 e. The first-order valence-electron chi connectivity index (χ1n) is 5.17. The number of imidazole rings is 1. The third-order valence-corrected chi connectivity index (χ3v) is 3.15. The van der Waals surface area contributed by atoms with Gasteiger partial charge in [-0.05, 0) is 25.1 Å². The average Bonchev–Trinajstić information content (AvgIpc) is 2.58. The molecule has 1 unspecified atom stereocenters. The maximum atomic E-state index is 11.7. The number of benzene rings is 1. The van der Waals surface area contributed by atoms with Crippen molar-refractivity contribution in [3.8, 4) is 0 Å². The van der Waals surface area contributed by atoms with Gasteiger partial charge >= 0.3 is 5.69 Å². The number of rotatable bonds is 1. The van der Waals surface area contributed by atoms with Crippen molar-refractivity contribution in [1.82, 2.24) is 14.9 Å². The van der Waals surface area contributed by atoms with Crippen molar-refractivity contribution in [2.24, 2.45) is 0 Å². The largest absolute Gasteiger partial charge is 0.326 e. The van der Waals surface area contributed by atoms with Crippen molar-refractivity contribution in [2.75, 3.05) is 7.05 Å². The molecule has 0 aliphatic carbocycles. The van der Waals surface area contributed by atoms with Crippen LogP contribution in [0.2, 0.25) is 0 Å². The zero-order valence-corrected chi connectivity index (χ0v) is 8.58. The Balaban J connectivity index is 2.33. The van der Waals surface area contributed by atoms with E-state index in [-0.39, 0.29) is 5.69 Å². The zero-order valence-electron chi connectivity index (χ0n) is 8.58. The van der Waals surface area contributed by atoms with Gasteiger partial charge in [0, 0.05) is 12.6 Å². The van der Waals surface area contributed by atoms with E-state index in [0.717, 1.165) is 24.0 Å². The standard InChI is InChI=1S/C11H13N3O/c1-12-8-5-7-3-2-4-9-10(7)14(6-8)11(15)13-9/h2-4,8,12H,5-6H2,1H3,(H,13,15). The number of hydrogen-bond donors (Lipinski definition) is 2. The summed E-state index contributed by atoms with van der Waals surface area (Å²) in [5.41, 5.74) is 3.27. The van der Waals surface area contributed by atoms with Crippen LogP contribution in [0.5, 0.6) is 0 Å². The number of nitrogens with zero attached hydrogens (tertiary/aromatic N) is 1. The maximum Gasteiger partial charge on any atom is 0.326 e. The van der Waals surface area contributed by atoms with Crippen LogP contribution in [0, 0.1) is 0 Å². The van der Waals surface area contributed by atoms with Crippen LogP contribution in [0.15, 0.2) is 23.0 Å². The van der Waals surface area contributed by atoms with Crippen LogP contribution in [0.3, 0.4) is 0 Å². The van der Waals surface area contributed by atoms with E-state index in [1.54, 1.807) is 0 Å². The molecule has 1 aliphatic rings. The predicted molar refractivity (Wildman–Crippen MR) is 59.1 cm³/mol. The normalized spacial score (nSPS) is 19.7. The molecule has 1 aliphatic heterocycles. The molecule has 0 bridgehead atoms. The Bertz CT molecular complexity index is 567. The molecule has 0 radical (unpaired) electrons. The SMILES string of the molecule is CNC1Cc2cccc3[nH]c(=O)n(c23)C1. The predicted octanol–water partition coefficient (Wildman–Crippen LogP) is 0.474. The van der Waals surface area contributed by atoms with Crippen LogP contribution in [0.25, 0.3) is 11.0 Å². The van der Waals surface area contributed by atoms with Gasteiger partial charge < -0.3 is 10.3 Å². The van der Waals surface area contributed by atoms with Gasteiger partial charge in [0.15, 0.2) is 0 Å². The first-order chi connectivity index (χ1) is 7.29. The minimum atomic E-state index is -0.00241. The molecule has 1 aromatic carbocycles. The molecule has 0 fully saturated rings. The van der Waals surface area contributed by atoms with Crippen molar-refractivity contribution < 1.29 is 0 Å². The van der Waals surface area contributed by atoms with Gasteiger partial charge in [0.1, 0.15) is 0 Å². The molecular weight excluding hydrogens is 190 g/mol. The highest BCUT2D eigenvalue weighted by molar-refractivity contribution is 5.79. The highest BCUT2D eigenvalue weighted by Gasteiger charge is 2.21. The molecule has 2 N–H and O–H groups in total. The lowest BCUT2D eigenvalue weighted by atomic mass is 10.0. The summed E-state index contributed by atoms with van der Waals surface area (Å²) in [6, 6.07) is 6.40. The third kappa shape index (κ3) is 1.15. The molecule has 2 aromatic rings. The van der Waals surface area contributed by atoms with Gasteiger partial charge in [-0.15, -0.1) is 0 Å². The van der Waals surface area contributed by atoms with Crippen LogP contribution in [0.4, 0.5) is 0 Å². The summed E-state index contributed by atoms with van der Waals surface area (Å²) in [6.45, 7) is 0.756. The van der Waals surface area contributed by atoms with Crippen LogP contribution in [-0.2, 0) is 13.0 Å². The lowest BCUT2D eigenvalue weighted by Gasteiger charge is -2.22. The monoisotopic (exact) mass is 203 g/mol. The second-order valence-electron chi connectivity index (χ2n) is 4.04. The topological polar surface area (TPSA) is 49.8 Å². The third-order valence-electron chi connectivity index (χ3n) is 3.15. The number of aromatic nitrogens is 2. The molecule has 78 valence electrons. The summed E-state index contributed by atoms with van der Waals surface area (Å²) in [7, 11) is 1.94. The van der Waals surface area contributed by atoms with Gasteiger partial charge in [-0.2, -0.15) is 0 Å². The van der Waals surface area contributed by atoms with Gasteiger partial charge in [-0.1, -0.05) is 12.1 Å². The first-order valence-corrected chi connectivity index (χ1v) is 5.17. The molecule has 0 spiro atoms. The Hall–Kier alpha value is -1.55. The molecule has 0 saturated carbocycles. The van der Waals surface area contributed by atoms with E-state index in [1.807, 2.05) is 23.7 Å². The van der Waals surface area contributed by atoms with Gasteiger partial charge in [-0.25, -0.2) is 4.79 Å². The number of H-pyrrole nitrogens is 1. The van der Waals surface area contributed by atoms with E-state index in [2.05, 4.69) is 16.4 Å². The number of hydrogen-bond acceptors (Lipinski definition) is 2. The lowest BCUT2D eigenvalue weighted by molar-refractivity contribution is 0.463. The number of nitrogens with one attached hydrogen (secondary N) is 2. The van der Waals surface area contributed by atoms with Gasteiger partial charge in [-0.3, -0.25) is 4.57 Å². The molecule has 3 rings (SSSR count). The van der Waals surface area contributed by atoms with Crippen LogP contribution >= 0.6 is 0 Å². The van der Waals surface area contributed by atoms with Crippen LogP contribution in [0.1, 0.15) is 5.56 Å². The summed E-state index contributed by atoms with van der Waals surface area (Å²) < 4.78 is 1.83. The van der Waals surface area contributed by atoms with Gasteiger partial charge in [0.25, 0.3) is 0 Å².